The first-order valence-electron chi connectivity index (χ1n) is 8.50. The molecule has 2 unspecified atom stereocenters. The Hall–Kier alpha value is -2.35. The summed E-state index contributed by atoms with van der Waals surface area (Å²) in [5, 5.41) is 19.5. The van der Waals surface area contributed by atoms with Gasteiger partial charge in [-0.25, -0.2) is 4.98 Å². The molecule has 2 aliphatic rings. The van der Waals surface area contributed by atoms with Crippen molar-refractivity contribution in [1.82, 2.24) is 15.2 Å². The number of carbonyl (C=O) groups excluding carboxylic acids is 3. The smallest absolute Gasteiger partial charge is 0.316 e. The molecule has 1 aromatic rings. The van der Waals surface area contributed by atoms with Gasteiger partial charge in [-0.15, -0.1) is 23.1 Å². The highest BCUT2D eigenvalue weighted by Gasteiger charge is 2.57. The monoisotopic (exact) mass is 507 g/mol. The van der Waals surface area contributed by atoms with Gasteiger partial charge >= 0.3 is 5.97 Å². The van der Waals surface area contributed by atoms with Gasteiger partial charge in [0.1, 0.15) is 34.1 Å². The average molecular weight is 508 g/mol. The number of amides is 3. The molecule has 3 rings (SSSR count). The molecule has 15 heteroatoms. The van der Waals surface area contributed by atoms with Crippen LogP contribution in [0.2, 0.25) is 0 Å². The topological polar surface area (TPSA) is 150 Å². The largest absolute Gasteiger partial charge is 0.481 e. The number of thioether (sulfide) groups is 1. The zero-order chi connectivity index (χ0) is 22.8. The molecule has 0 radical (unpaired) electrons. The molecule has 2 fully saturated rings. The first-order chi connectivity index (χ1) is 14.7. The van der Waals surface area contributed by atoms with Crippen LogP contribution in [0, 0.1) is 5.41 Å². The summed E-state index contributed by atoms with van der Waals surface area (Å²) in [5.41, 5.74) is -1.45. The van der Waals surface area contributed by atoms with Gasteiger partial charge in [-0.1, -0.05) is 28.4 Å². The number of oxime groups is 1. The van der Waals surface area contributed by atoms with Crippen molar-refractivity contribution in [2.24, 2.45) is 10.6 Å². The molecule has 0 aromatic carbocycles. The Bertz CT molecular complexity index is 981. The molecule has 2 saturated heterocycles. The van der Waals surface area contributed by atoms with Crippen LogP contribution >= 0.6 is 46.3 Å². The number of carboxylic acid groups (broad SMARTS) is 1. The molecule has 0 saturated carbocycles. The van der Waals surface area contributed by atoms with Gasteiger partial charge in [0.05, 0.1) is 0 Å². The summed E-state index contributed by atoms with van der Waals surface area (Å²) in [6, 6.07) is -0.881. The van der Waals surface area contributed by atoms with Crippen molar-refractivity contribution in [3.05, 3.63) is 21.6 Å². The first kappa shape index (κ1) is 23.3. The number of aromatic nitrogens is 1. The Morgan fingerprint density at radius 2 is 2.23 bits per heavy atom. The summed E-state index contributed by atoms with van der Waals surface area (Å²) in [7, 11) is 1.25. The number of fused-ring (bicyclic) bond motifs is 1. The highest BCUT2D eigenvalue weighted by atomic mass is 35.5. The minimum atomic E-state index is -1.42. The summed E-state index contributed by atoms with van der Waals surface area (Å²) in [6.45, 7) is -0.125. The molecular weight excluding hydrogens is 493 g/mol. The zero-order valence-electron chi connectivity index (χ0n) is 15.7. The second kappa shape index (κ2) is 9.42. The van der Waals surface area contributed by atoms with E-state index >= 15 is 0 Å². The maximum absolute atomic E-state index is 12.7. The lowest BCUT2D eigenvalue weighted by atomic mass is 9.87. The van der Waals surface area contributed by atoms with E-state index in [9.17, 15) is 24.3 Å². The van der Waals surface area contributed by atoms with Gasteiger partial charge in [0.2, 0.25) is 12.3 Å². The summed E-state index contributed by atoms with van der Waals surface area (Å²) in [4.78, 5) is 57.8. The molecular formula is C16H15Cl2N5O6S2. The number of aliphatic carboxylic acids is 1. The molecule has 3 amide bonds. The van der Waals surface area contributed by atoms with E-state index < -0.39 is 34.6 Å². The fraction of sp³-hybridized carbons (Fsp3) is 0.375. The number of hydrogen-bond acceptors (Lipinski definition) is 9. The maximum Gasteiger partial charge on any atom is 0.316 e. The third-order valence-electron chi connectivity index (χ3n) is 4.53. The van der Waals surface area contributed by atoms with Crippen molar-refractivity contribution in [3.63, 3.8) is 0 Å². The Kier molecular flexibility index (Phi) is 7.09. The predicted octanol–water partition coefficient (Wildman–Crippen LogP) is 0.852. The Labute approximate surface area is 193 Å². The van der Waals surface area contributed by atoms with Crippen molar-refractivity contribution in [3.8, 4) is 0 Å². The van der Waals surface area contributed by atoms with Gasteiger partial charge in [-0.05, 0) is 6.08 Å². The van der Waals surface area contributed by atoms with Crippen LogP contribution in [0.3, 0.4) is 0 Å². The van der Waals surface area contributed by atoms with E-state index in [0.717, 1.165) is 11.3 Å². The number of nitrogens with one attached hydrogen (secondary N) is 2. The van der Waals surface area contributed by atoms with Crippen molar-refractivity contribution in [2.75, 3.05) is 24.7 Å². The lowest BCUT2D eigenvalue weighted by Gasteiger charge is -2.53. The molecule has 3 heterocycles. The normalized spacial score (nSPS) is 25.1. The molecule has 3 N–H and O–H groups in total. The van der Waals surface area contributed by atoms with Crippen LogP contribution in [-0.2, 0) is 24.0 Å². The quantitative estimate of drug-likeness (QED) is 0.203. The Morgan fingerprint density at radius 1 is 1.48 bits per heavy atom. The fourth-order valence-corrected chi connectivity index (χ4v) is 5.66. The van der Waals surface area contributed by atoms with E-state index in [1.807, 2.05) is 0 Å². The second-order valence-corrected chi connectivity index (χ2v) is 9.41. The summed E-state index contributed by atoms with van der Waals surface area (Å²) in [5.74, 6) is -2.20. The standard InChI is InChI=1S/C16H15Cl2N5O6S2/c1-29-22-9(7-3-30-15(20-7)19-6-24)11(25)21-10-12(26)23-4-16(14(27)28,2-8(17)18)5-31-13(10)23/h2-3,6,10,13H,4-5H2,1H3,(H,21,25)(H,27,28)(H,19,20,24)/t10?,13-,16?/m1/s1. The molecule has 3 atom stereocenters. The lowest BCUT2D eigenvalue weighted by Crippen LogP contribution is -2.73. The van der Waals surface area contributed by atoms with E-state index in [4.69, 9.17) is 28.0 Å². The number of rotatable bonds is 8. The Morgan fingerprint density at radius 3 is 2.84 bits per heavy atom. The molecule has 1 aromatic heterocycles. The maximum atomic E-state index is 12.7. The van der Waals surface area contributed by atoms with E-state index in [0.29, 0.717) is 6.41 Å². The van der Waals surface area contributed by atoms with E-state index in [2.05, 4.69) is 20.8 Å². The Balaban J connectivity index is 1.72. The molecule has 0 spiro atoms. The first-order valence-corrected chi connectivity index (χ1v) is 11.2. The highest BCUT2D eigenvalue weighted by molar-refractivity contribution is 8.00. The SMILES string of the molecule is CON=C(C(=O)NC1C(=O)N2CC(C=C(Cl)Cl)(C(=O)O)CS[C@H]12)c1csc(NC=O)n1. The summed E-state index contributed by atoms with van der Waals surface area (Å²) >= 11 is 13.6. The van der Waals surface area contributed by atoms with Gasteiger partial charge < -0.3 is 25.5 Å². The number of carbonyl (C=O) groups is 4. The predicted molar refractivity (Wildman–Crippen MR) is 115 cm³/mol. The molecule has 166 valence electrons. The van der Waals surface area contributed by atoms with Crippen LogP contribution in [0.1, 0.15) is 5.69 Å². The number of nitrogens with zero attached hydrogens (tertiary/aromatic N) is 3. The zero-order valence-corrected chi connectivity index (χ0v) is 18.8. The van der Waals surface area contributed by atoms with Gasteiger partial charge in [0, 0.05) is 17.7 Å². The number of halogens is 2. The van der Waals surface area contributed by atoms with Gasteiger partial charge in [0.25, 0.3) is 5.91 Å². The molecule has 2 aliphatic heterocycles. The van der Waals surface area contributed by atoms with Gasteiger partial charge in [-0.3, -0.25) is 19.2 Å². The molecule has 31 heavy (non-hydrogen) atoms. The van der Waals surface area contributed by atoms with Gasteiger partial charge in [0.15, 0.2) is 10.8 Å². The van der Waals surface area contributed by atoms with Gasteiger partial charge in [-0.2, -0.15) is 0 Å². The van der Waals surface area contributed by atoms with Crippen molar-refractivity contribution < 1.29 is 29.1 Å². The second-order valence-electron chi connectivity index (χ2n) is 6.44. The van der Waals surface area contributed by atoms with Crippen molar-refractivity contribution in [2.45, 2.75) is 11.4 Å². The number of carboxylic acids is 1. The van der Waals surface area contributed by atoms with Crippen LogP contribution in [0.15, 0.2) is 21.1 Å². The number of thiazole rings is 1. The van der Waals surface area contributed by atoms with Crippen LogP contribution in [0.25, 0.3) is 0 Å². The number of β-lactam (4-membered cyclic amide) rings is 1. The molecule has 0 bridgehead atoms. The van der Waals surface area contributed by atoms with Crippen LogP contribution < -0.4 is 10.6 Å². The van der Waals surface area contributed by atoms with Crippen molar-refractivity contribution >= 4 is 81.3 Å². The van der Waals surface area contributed by atoms with E-state index in [1.165, 1.54) is 35.2 Å². The van der Waals surface area contributed by atoms with Crippen LogP contribution in [0.4, 0.5) is 5.13 Å². The number of hydrogen-bond donors (Lipinski definition) is 3. The van der Waals surface area contributed by atoms with Crippen molar-refractivity contribution in [1.29, 1.82) is 0 Å². The minimum absolute atomic E-state index is 0.109. The molecule has 11 nitrogen and oxygen atoms in total. The fourth-order valence-electron chi connectivity index (χ4n) is 3.09. The average Bonchev–Trinajstić information content (AvgIpc) is 3.18. The van der Waals surface area contributed by atoms with E-state index in [1.54, 1.807) is 0 Å². The lowest BCUT2D eigenvalue weighted by molar-refractivity contribution is -0.156. The third kappa shape index (κ3) is 4.63. The number of anilines is 1. The van der Waals surface area contributed by atoms with Crippen LogP contribution in [-0.4, -0.2) is 75.7 Å². The van der Waals surface area contributed by atoms with E-state index in [-0.39, 0.29) is 33.3 Å². The molecule has 0 aliphatic carbocycles. The van der Waals surface area contributed by atoms with Crippen LogP contribution in [0.5, 0.6) is 0 Å². The minimum Gasteiger partial charge on any atom is -0.481 e. The highest BCUT2D eigenvalue weighted by Crippen LogP contribution is 2.43. The third-order valence-corrected chi connectivity index (χ3v) is 7.07. The summed E-state index contributed by atoms with van der Waals surface area (Å²) < 4.78 is -0.202. The summed E-state index contributed by atoms with van der Waals surface area (Å²) in [6.07, 6.45) is 1.65.